The largest absolute Gasteiger partial charge is 0.357 e. The predicted molar refractivity (Wildman–Crippen MR) is 106 cm³/mol. The molecule has 0 aromatic carbocycles. The zero-order valence-electron chi connectivity index (χ0n) is 17.0. The number of likely N-dealkylation sites (tertiary alicyclic amines) is 1. The molecule has 0 aromatic rings. The zero-order chi connectivity index (χ0) is 18.7. The highest BCUT2D eigenvalue weighted by molar-refractivity contribution is 5.81. The lowest BCUT2D eigenvalue weighted by Crippen LogP contribution is -2.42. The Balaban J connectivity index is 2.44. The van der Waals surface area contributed by atoms with Crippen LogP contribution in [0.2, 0.25) is 0 Å². The number of rotatable bonds is 9. The smallest absolute Gasteiger partial charge is 0.224 e. The van der Waals surface area contributed by atoms with E-state index in [1.54, 1.807) is 0 Å². The lowest BCUT2D eigenvalue weighted by Gasteiger charge is -2.34. The summed E-state index contributed by atoms with van der Waals surface area (Å²) in [5.41, 5.74) is 0. The second kappa shape index (κ2) is 12.1. The highest BCUT2D eigenvalue weighted by Gasteiger charge is 2.21. The third kappa shape index (κ3) is 8.08. The summed E-state index contributed by atoms with van der Waals surface area (Å²) in [5, 5.41) is 6.59. The number of aliphatic imine (C=N–C) groups is 1. The minimum absolute atomic E-state index is 0.202. The standard InChI is InChI=1S/C19H39N5O/c1-6-20-19(21-12-11-18(25)23(7-2)8-3)22-14-17-10-9-13-24(15-17)16(4)5/h16-17H,6-15H2,1-5H3,(H2,20,21,22). The summed E-state index contributed by atoms with van der Waals surface area (Å²) in [7, 11) is 0. The van der Waals surface area contributed by atoms with E-state index >= 15 is 0 Å². The molecule has 2 N–H and O–H groups in total. The van der Waals surface area contributed by atoms with Crippen molar-refractivity contribution < 1.29 is 4.79 Å². The molecule has 1 unspecified atom stereocenters. The summed E-state index contributed by atoms with van der Waals surface area (Å²) in [4.78, 5) is 21.2. The SMILES string of the molecule is CCNC(=NCC1CCCN(C(C)C)C1)NCCC(=O)N(CC)CC. The van der Waals surface area contributed by atoms with Gasteiger partial charge in [-0.2, -0.15) is 0 Å². The van der Waals surface area contributed by atoms with E-state index in [0.29, 0.717) is 24.9 Å². The molecule has 146 valence electrons. The van der Waals surface area contributed by atoms with E-state index < -0.39 is 0 Å². The molecule has 1 atom stereocenters. The number of hydrogen-bond donors (Lipinski definition) is 2. The highest BCUT2D eigenvalue weighted by atomic mass is 16.2. The van der Waals surface area contributed by atoms with Crippen molar-refractivity contribution in [2.75, 3.05) is 45.8 Å². The molecule has 0 spiro atoms. The molecular formula is C19H39N5O. The summed E-state index contributed by atoms with van der Waals surface area (Å²) < 4.78 is 0. The van der Waals surface area contributed by atoms with Crippen LogP contribution >= 0.6 is 0 Å². The number of nitrogens with zero attached hydrogens (tertiary/aromatic N) is 3. The summed E-state index contributed by atoms with van der Waals surface area (Å²) in [6.07, 6.45) is 3.03. The number of nitrogens with one attached hydrogen (secondary N) is 2. The number of amides is 1. The zero-order valence-corrected chi connectivity index (χ0v) is 17.0. The number of piperidine rings is 1. The molecule has 0 aromatic heterocycles. The fourth-order valence-electron chi connectivity index (χ4n) is 3.30. The average Bonchev–Trinajstić information content (AvgIpc) is 2.61. The molecule has 1 fully saturated rings. The Hall–Kier alpha value is -1.30. The van der Waals surface area contributed by atoms with Crippen LogP contribution in [0, 0.1) is 5.92 Å². The van der Waals surface area contributed by atoms with E-state index in [9.17, 15) is 4.79 Å². The van der Waals surface area contributed by atoms with Crippen LogP contribution in [-0.2, 0) is 4.79 Å². The number of carbonyl (C=O) groups is 1. The van der Waals surface area contributed by atoms with Crippen LogP contribution in [0.3, 0.4) is 0 Å². The van der Waals surface area contributed by atoms with Crippen LogP contribution in [0.25, 0.3) is 0 Å². The first-order valence-corrected chi connectivity index (χ1v) is 10.1. The number of carbonyl (C=O) groups excluding carboxylic acids is 1. The summed E-state index contributed by atoms with van der Waals surface area (Å²) in [5.74, 6) is 1.66. The van der Waals surface area contributed by atoms with Crippen LogP contribution in [0.15, 0.2) is 4.99 Å². The van der Waals surface area contributed by atoms with Crippen LogP contribution in [0.1, 0.15) is 53.9 Å². The van der Waals surface area contributed by atoms with Gasteiger partial charge in [-0.15, -0.1) is 0 Å². The molecule has 1 saturated heterocycles. The van der Waals surface area contributed by atoms with Gasteiger partial charge < -0.3 is 20.4 Å². The van der Waals surface area contributed by atoms with Crippen molar-refractivity contribution >= 4 is 11.9 Å². The predicted octanol–water partition coefficient (Wildman–Crippen LogP) is 1.92. The molecule has 1 amide bonds. The highest BCUT2D eigenvalue weighted by Crippen LogP contribution is 2.18. The van der Waals surface area contributed by atoms with Crippen molar-refractivity contribution in [2.24, 2.45) is 10.9 Å². The van der Waals surface area contributed by atoms with Gasteiger partial charge in [0.05, 0.1) is 0 Å². The summed E-state index contributed by atoms with van der Waals surface area (Å²) >= 11 is 0. The van der Waals surface area contributed by atoms with Gasteiger partial charge in [0, 0.05) is 51.7 Å². The minimum atomic E-state index is 0.202. The maximum Gasteiger partial charge on any atom is 0.224 e. The van der Waals surface area contributed by atoms with Crippen molar-refractivity contribution in [1.29, 1.82) is 0 Å². The van der Waals surface area contributed by atoms with Crippen molar-refractivity contribution in [2.45, 2.75) is 59.9 Å². The van der Waals surface area contributed by atoms with E-state index in [0.717, 1.165) is 38.7 Å². The fraction of sp³-hybridized carbons (Fsp3) is 0.895. The molecule has 0 bridgehead atoms. The minimum Gasteiger partial charge on any atom is -0.357 e. The van der Waals surface area contributed by atoms with Gasteiger partial charge in [-0.05, 0) is 59.9 Å². The molecule has 0 aliphatic carbocycles. The monoisotopic (exact) mass is 353 g/mol. The van der Waals surface area contributed by atoms with Gasteiger partial charge in [-0.25, -0.2) is 0 Å². The Bertz CT molecular complexity index is 407. The molecule has 1 heterocycles. The number of guanidine groups is 1. The van der Waals surface area contributed by atoms with Crippen LogP contribution in [0.5, 0.6) is 0 Å². The molecule has 25 heavy (non-hydrogen) atoms. The fourth-order valence-corrected chi connectivity index (χ4v) is 3.30. The second-order valence-corrected chi connectivity index (χ2v) is 7.06. The van der Waals surface area contributed by atoms with Gasteiger partial charge in [-0.1, -0.05) is 0 Å². The molecule has 6 nitrogen and oxygen atoms in total. The maximum atomic E-state index is 12.1. The molecule has 6 heteroatoms. The third-order valence-electron chi connectivity index (χ3n) is 4.88. The van der Waals surface area contributed by atoms with E-state index in [4.69, 9.17) is 4.99 Å². The summed E-state index contributed by atoms with van der Waals surface area (Å²) in [6, 6.07) is 0.615. The van der Waals surface area contributed by atoms with Gasteiger partial charge in [0.1, 0.15) is 0 Å². The van der Waals surface area contributed by atoms with Gasteiger partial charge in [-0.3, -0.25) is 9.79 Å². The lowest BCUT2D eigenvalue weighted by atomic mass is 9.97. The van der Waals surface area contributed by atoms with E-state index in [-0.39, 0.29) is 5.91 Å². The van der Waals surface area contributed by atoms with Crippen molar-refractivity contribution in [1.82, 2.24) is 20.4 Å². The Morgan fingerprint density at radius 2 is 1.96 bits per heavy atom. The van der Waals surface area contributed by atoms with E-state index in [1.165, 1.54) is 19.4 Å². The first-order chi connectivity index (χ1) is 12.0. The second-order valence-electron chi connectivity index (χ2n) is 7.06. The molecule has 1 aliphatic rings. The van der Waals surface area contributed by atoms with Gasteiger partial charge in [0.25, 0.3) is 0 Å². The molecule has 1 rings (SSSR count). The lowest BCUT2D eigenvalue weighted by molar-refractivity contribution is -0.130. The third-order valence-corrected chi connectivity index (χ3v) is 4.88. The Labute approximate surface area is 154 Å². The first kappa shape index (κ1) is 21.7. The molecule has 0 saturated carbocycles. The van der Waals surface area contributed by atoms with Crippen molar-refractivity contribution in [3.8, 4) is 0 Å². The average molecular weight is 354 g/mol. The van der Waals surface area contributed by atoms with Crippen LogP contribution in [0.4, 0.5) is 0 Å². The van der Waals surface area contributed by atoms with Gasteiger partial charge in [0.2, 0.25) is 5.91 Å². The maximum absolute atomic E-state index is 12.1. The van der Waals surface area contributed by atoms with Crippen LogP contribution < -0.4 is 10.6 Å². The molecule has 1 aliphatic heterocycles. The van der Waals surface area contributed by atoms with Crippen molar-refractivity contribution in [3.63, 3.8) is 0 Å². The Morgan fingerprint density at radius 3 is 2.56 bits per heavy atom. The Morgan fingerprint density at radius 1 is 1.24 bits per heavy atom. The van der Waals surface area contributed by atoms with E-state index in [2.05, 4.69) is 36.3 Å². The molecular weight excluding hydrogens is 314 g/mol. The quantitative estimate of drug-likeness (QED) is 0.491. The van der Waals surface area contributed by atoms with Crippen LogP contribution in [-0.4, -0.2) is 73.5 Å². The normalized spacial score (nSPS) is 19.1. The topological polar surface area (TPSA) is 60.0 Å². The summed E-state index contributed by atoms with van der Waals surface area (Å²) in [6.45, 7) is 16.9. The first-order valence-electron chi connectivity index (χ1n) is 10.1. The Kier molecular flexibility index (Phi) is 10.5. The van der Waals surface area contributed by atoms with Gasteiger partial charge >= 0.3 is 0 Å². The van der Waals surface area contributed by atoms with Gasteiger partial charge in [0.15, 0.2) is 5.96 Å². The number of hydrogen-bond acceptors (Lipinski definition) is 3. The van der Waals surface area contributed by atoms with E-state index in [1.807, 2.05) is 18.7 Å². The molecule has 0 radical (unpaired) electrons. The van der Waals surface area contributed by atoms with Crippen molar-refractivity contribution in [3.05, 3.63) is 0 Å².